The number of rotatable bonds is 9. The quantitative estimate of drug-likeness (QED) is 0.362. The topological polar surface area (TPSA) is 155 Å². The van der Waals surface area contributed by atoms with Gasteiger partial charge >= 0.3 is 11.7 Å². The van der Waals surface area contributed by atoms with Crippen molar-refractivity contribution in [2.75, 3.05) is 41.3 Å². The molecule has 214 valence electrons. The summed E-state index contributed by atoms with van der Waals surface area (Å²) < 4.78 is 52.5. The van der Waals surface area contributed by atoms with Crippen molar-refractivity contribution in [1.29, 1.82) is 0 Å². The normalized spacial score (nSPS) is 11.4. The van der Waals surface area contributed by atoms with Crippen molar-refractivity contribution in [3.63, 3.8) is 0 Å². The minimum Gasteiger partial charge on any atom is -0.422 e. The monoisotopic (exact) mass is 576 g/mol. The Kier molecular flexibility index (Phi) is 9.27. The molecule has 0 bridgehead atoms. The zero-order valence-corrected chi connectivity index (χ0v) is 23.3. The Hall–Kier alpha value is -4.30. The van der Waals surface area contributed by atoms with Crippen LogP contribution in [0.15, 0.2) is 50.5 Å². The Balaban J connectivity index is 1.99. The van der Waals surface area contributed by atoms with E-state index in [0.717, 1.165) is 21.3 Å². The van der Waals surface area contributed by atoms with E-state index < -0.39 is 58.2 Å². The summed E-state index contributed by atoms with van der Waals surface area (Å²) in [6.07, 6.45) is -0.870. The number of likely N-dealkylation sites (N-methyl/N-ethyl adjacent to an activating group) is 2. The predicted octanol–water partition coefficient (Wildman–Crippen LogP) is 1.37. The van der Waals surface area contributed by atoms with Gasteiger partial charge in [-0.1, -0.05) is 12.1 Å². The number of ether oxygens (including phenoxy) is 1. The molecular weight excluding hydrogens is 547 g/mol. The summed E-state index contributed by atoms with van der Waals surface area (Å²) in [5.41, 5.74) is 0.227. The first-order chi connectivity index (χ1) is 18.8. The highest BCUT2D eigenvalue weighted by molar-refractivity contribution is 7.89. The van der Waals surface area contributed by atoms with Gasteiger partial charge in [0.1, 0.15) is 5.58 Å². The first-order valence-corrected chi connectivity index (χ1v) is 13.4. The van der Waals surface area contributed by atoms with Crippen molar-refractivity contribution in [2.45, 2.75) is 18.2 Å². The van der Waals surface area contributed by atoms with Gasteiger partial charge in [0.25, 0.3) is 0 Å². The van der Waals surface area contributed by atoms with Crippen LogP contribution < -0.4 is 21.0 Å². The molecule has 0 unspecified atom stereocenters. The summed E-state index contributed by atoms with van der Waals surface area (Å²) in [7, 11) is 1.25. The maximum atomic E-state index is 14.7. The van der Waals surface area contributed by atoms with Crippen molar-refractivity contribution in [3.8, 4) is 5.75 Å². The van der Waals surface area contributed by atoms with E-state index in [1.807, 2.05) is 0 Å². The van der Waals surface area contributed by atoms with Crippen molar-refractivity contribution in [2.24, 2.45) is 0 Å². The van der Waals surface area contributed by atoms with Gasteiger partial charge in [0.05, 0.1) is 18.0 Å². The molecule has 14 heteroatoms. The van der Waals surface area contributed by atoms with Gasteiger partial charge in [0.15, 0.2) is 11.6 Å². The Morgan fingerprint density at radius 3 is 2.23 bits per heavy atom. The maximum absolute atomic E-state index is 14.7. The smallest absolute Gasteiger partial charge is 0.414 e. The summed E-state index contributed by atoms with van der Waals surface area (Å²) in [5.74, 6) is -2.47. The third kappa shape index (κ3) is 6.63. The average molecular weight is 577 g/mol. The van der Waals surface area contributed by atoms with Gasteiger partial charge in [-0.2, -0.15) is 4.31 Å². The number of nitrogens with zero attached hydrogens (tertiary/aromatic N) is 2. The number of amides is 3. The molecule has 0 saturated carbocycles. The molecule has 2 N–H and O–H groups in total. The number of hydrogen-bond acceptors (Lipinski definition) is 8. The van der Waals surface area contributed by atoms with Gasteiger partial charge < -0.3 is 24.7 Å². The summed E-state index contributed by atoms with van der Waals surface area (Å²) in [5, 5.41) is 4.92. The number of nitrogens with one attached hydrogen (secondary N) is 2. The zero-order chi connectivity index (χ0) is 29.8. The lowest BCUT2D eigenvalue weighted by Gasteiger charge is -2.21. The number of halogens is 1. The second-order valence-electron chi connectivity index (χ2n) is 8.98. The van der Waals surface area contributed by atoms with Crippen LogP contribution in [0.5, 0.6) is 5.75 Å². The van der Waals surface area contributed by atoms with Crippen LogP contribution in [-0.2, 0) is 26.0 Å². The lowest BCUT2D eigenvalue weighted by atomic mass is 9.99. The van der Waals surface area contributed by atoms with Crippen LogP contribution in [0, 0.1) is 12.7 Å². The van der Waals surface area contributed by atoms with E-state index in [1.54, 1.807) is 13.0 Å². The van der Waals surface area contributed by atoms with Gasteiger partial charge in [-0.3, -0.25) is 9.59 Å². The Morgan fingerprint density at radius 1 is 1.02 bits per heavy atom. The summed E-state index contributed by atoms with van der Waals surface area (Å²) in [4.78, 5) is 49.5. The number of aryl methyl sites for hydroxylation is 1. The van der Waals surface area contributed by atoms with Crippen LogP contribution in [0.3, 0.4) is 0 Å². The fourth-order valence-corrected chi connectivity index (χ4v) is 5.15. The van der Waals surface area contributed by atoms with E-state index in [4.69, 9.17) is 9.15 Å². The van der Waals surface area contributed by atoms with E-state index in [-0.39, 0.29) is 27.8 Å². The molecule has 12 nitrogen and oxygen atoms in total. The molecule has 1 aromatic heterocycles. The average Bonchev–Trinajstić information content (AvgIpc) is 2.91. The minimum atomic E-state index is -4.29. The van der Waals surface area contributed by atoms with Crippen LogP contribution in [0.1, 0.15) is 16.7 Å². The van der Waals surface area contributed by atoms with Crippen molar-refractivity contribution in [1.82, 2.24) is 19.8 Å². The molecule has 1 heterocycles. The molecule has 3 aromatic rings. The van der Waals surface area contributed by atoms with Crippen LogP contribution >= 0.6 is 0 Å². The highest BCUT2D eigenvalue weighted by Gasteiger charge is 2.28. The highest BCUT2D eigenvalue weighted by Crippen LogP contribution is 2.29. The first-order valence-electron chi connectivity index (χ1n) is 11.9. The second-order valence-corrected chi connectivity index (χ2v) is 10.9. The van der Waals surface area contributed by atoms with E-state index in [1.165, 1.54) is 46.4 Å². The first kappa shape index (κ1) is 30.2. The van der Waals surface area contributed by atoms with E-state index in [9.17, 15) is 32.0 Å². The van der Waals surface area contributed by atoms with Gasteiger partial charge in [-0.15, -0.1) is 0 Å². The van der Waals surface area contributed by atoms with Crippen LogP contribution in [0.25, 0.3) is 11.0 Å². The molecule has 3 rings (SSSR count). The van der Waals surface area contributed by atoms with E-state index in [2.05, 4.69) is 10.6 Å². The number of hydrogen-bond donors (Lipinski definition) is 2. The SMILES string of the molecule is CNC(=O)CN(CC(=O)NC)S(=O)(=O)c1cccc(Cc2c(C)c3cc(F)c(OC(=O)N(C)C)cc3oc2=O)c1. The maximum Gasteiger partial charge on any atom is 0.414 e. The van der Waals surface area contributed by atoms with Crippen molar-refractivity contribution in [3.05, 3.63) is 69.3 Å². The molecule has 0 aliphatic carbocycles. The number of benzene rings is 2. The molecular formula is C26H29FN4O8S. The van der Waals surface area contributed by atoms with Crippen LogP contribution in [0.2, 0.25) is 0 Å². The molecule has 0 atom stereocenters. The molecule has 40 heavy (non-hydrogen) atoms. The van der Waals surface area contributed by atoms with Crippen molar-refractivity contribution < 1.29 is 36.3 Å². The summed E-state index contributed by atoms with van der Waals surface area (Å²) in [6, 6.07) is 7.89. The van der Waals surface area contributed by atoms with Gasteiger partial charge in [0.2, 0.25) is 21.8 Å². The molecule has 0 radical (unpaired) electrons. The molecule has 2 aromatic carbocycles. The van der Waals surface area contributed by atoms with E-state index >= 15 is 0 Å². The Bertz CT molecular complexity index is 1620. The van der Waals surface area contributed by atoms with Gasteiger partial charge in [0, 0.05) is 51.6 Å². The van der Waals surface area contributed by atoms with Crippen LogP contribution in [-0.4, -0.2) is 76.8 Å². The summed E-state index contributed by atoms with van der Waals surface area (Å²) >= 11 is 0. The van der Waals surface area contributed by atoms with Gasteiger partial charge in [-0.25, -0.2) is 22.4 Å². The van der Waals surface area contributed by atoms with E-state index in [0.29, 0.717) is 11.1 Å². The second kappa shape index (κ2) is 12.3. The molecule has 0 aliphatic heterocycles. The van der Waals surface area contributed by atoms with Crippen LogP contribution in [0.4, 0.5) is 9.18 Å². The molecule has 0 saturated heterocycles. The highest BCUT2D eigenvalue weighted by atomic mass is 32.2. The number of carbonyl (C=O) groups is 3. The lowest BCUT2D eigenvalue weighted by Crippen LogP contribution is -2.44. The Morgan fingerprint density at radius 2 is 1.65 bits per heavy atom. The molecule has 0 fully saturated rings. The Labute approximate surface area is 229 Å². The fourth-order valence-electron chi connectivity index (χ4n) is 3.73. The van der Waals surface area contributed by atoms with Crippen molar-refractivity contribution >= 4 is 38.9 Å². The third-order valence-corrected chi connectivity index (χ3v) is 7.80. The third-order valence-electron chi connectivity index (χ3n) is 6.02. The molecule has 3 amide bonds. The number of sulfonamides is 1. The minimum absolute atomic E-state index is 0.00424. The molecule has 0 spiro atoms. The standard InChI is InChI=1S/C26H29FN4O8S/c1-15-18-11-20(27)22(39-26(35)30(4)5)12-21(18)38-25(34)19(15)10-16-7-6-8-17(9-16)40(36,37)31(13-23(32)28-2)14-24(33)29-3/h6-9,11-12H,10,13-14H2,1-5H3,(H,28,32)(H,29,33). The zero-order valence-electron chi connectivity index (χ0n) is 22.5. The largest absolute Gasteiger partial charge is 0.422 e. The predicted molar refractivity (Wildman–Crippen MR) is 143 cm³/mol. The number of carbonyl (C=O) groups excluding carboxylic acids is 3. The lowest BCUT2D eigenvalue weighted by molar-refractivity contribution is -0.122. The van der Waals surface area contributed by atoms with Gasteiger partial charge in [-0.05, 0) is 36.2 Å². The number of fused-ring (bicyclic) bond motifs is 1. The fraction of sp³-hybridized carbons (Fsp3) is 0.308. The summed E-state index contributed by atoms with van der Waals surface area (Å²) in [6.45, 7) is 0.428. The molecule has 0 aliphatic rings.